The first-order valence-electron chi connectivity index (χ1n) is 6.86. The van der Waals surface area contributed by atoms with Crippen LogP contribution >= 0.6 is 0 Å². The molecule has 6 heteroatoms. The van der Waals surface area contributed by atoms with Gasteiger partial charge in [0, 0.05) is 32.1 Å². The fourth-order valence-corrected chi connectivity index (χ4v) is 2.55. The van der Waals surface area contributed by atoms with E-state index in [1.807, 2.05) is 0 Å². The maximum atomic E-state index is 11.3. The van der Waals surface area contributed by atoms with Gasteiger partial charge in [-0.1, -0.05) is 0 Å². The Morgan fingerprint density at radius 3 is 2.74 bits per heavy atom. The second-order valence-electron chi connectivity index (χ2n) is 5.11. The number of rotatable bonds is 7. The average molecular weight is 272 g/mol. The van der Waals surface area contributed by atoms with Gasteiger partial charge < -0.3 is 20.5 Å². The number of carbonyl (C=O) groups excluding carboxylic acids is 1. The van der Waals surface area contributed by atoms with Crippen molar-refractivity contribution in [2.45, 2.75) is 38.6 Å². The lowest BCUT2D eigenvalue weighted by Crippen LogP contribution is -2.47. The number of hydrogen-bond donors (Lipinski definition) is 2. The molecule has 1 aliphatic rings. The fourth-order valence-electron chi connectivity index (χ4n) is 2.55. The molecule has 19 heavy (non-hydrogen) atoms. The van der Waals surface area contributed by atoms with Crippen LogP contribution in [0.3, 0.4) is 0 Å². The second-order valence-corrected chi connectivity index (χ2v) is 5.11. The predicted molar refractivity (Wildman–Crippen MR) is 70.6 cm³/mol. The first kappa shape index (κ1) is 15.9. The first-order chi connectivity index (χ1) is 9.01. The number of ether oxygens (including phenoxy) is 1. The van der Waals surface area contributed by atoms with Crippen molar-refractivity contribution in [2.75, 3.05) is 26.2 Å². The average Bonchev–Trinajstić information content (AvgIpc) is 2.34. The van der Waals surface area contributed by atoms with Crippen molar-refractivity contribution >= 4 is 11.9 Å². The molecule has 1 rings (SSSR count). The van der Waals surface area contributed by atoms with Crippen LogP contribution in [0.5, 0.6) is 0 Å². The Labute approximate surface area is 113 Å². The van der Waals surface area contributed by atoms with Crippen LogP contribution in [0.2, 0.25) is 0 Å². The number of carboxylic acids is 1. The van der Waals surface area contributed by atoms with E-state index in [4.69, 9.17) is 15.6 Å². The Bertz CT molecular complexity index is 309. The third-order valence-corrected chi connectivity index (χ3v) is 3.35. The van der Waals surface area contributed by atoms with E-state index < -0.39 is 5.97 Å². The Kier molecular flexibility index (Phi) is 6.80. The van der Waals surface area contributed by atoms with Crippen LogP contribution < -0.4 is 5.73 Å². The van der Waals surface area contributed by atoms with Crippen molar-refractivity contribution in [3.8, 4) is 0 Å². The van der Waals surface area contributed by atoms with E-state index in [2.05, 4.69) is 4.90 Å². The van der Waals surface area contributed by atoms with Crippen molar-refractivity contribution in [3.05, 3.63) is 0 Å². The van der Waals surface area contributed by atoms with Gasteiger partial charge in [0.05, 0.1) is 13.0 Å². The first-order valence-corrected chi connectivity index (χ1v) is 6.86. The Morgan fingerprint density at radius 2 is 2.11 bits per heavy atom. The summed E-state index contributed by atoms with van der Waals surface area (Å²) >= 11 is 0. The minimum Gasteiger partial charge on any atom is -0.481 e. The Morgan fingerprint density at radius 1 is 1.37 bits per heavy atom. The van der Waals surface area contributed by atoms with Gasteiger partial charge in [0.1, 0.15) is 0 Å². The molecule has 1 fully saturated rings. The van der Waals surface area contributed by atoms with E-state index in [0.29, 0.717) is 25.5 Å². The van der Waals surface area contributed by atoms with Gasteiger partial charge in [0.15, 0.2) is 0 Å². The summed E-state index contributed by atoms with van der Waals surface area (Å²) in [6.45, 7) is 4.29. The minimum absolute atomic E-state index is 0.0646. The largest absolute Gasteiger partial charge is 0.481 e. The molecule has 0 aromatic rings. The van der Waals surface area contributed by atoms with Gasteiger partial charge in [0.25, 0.3) is 0 Å². The number of nitrogens with zero attached hydrogens (tertiary/aromatic N) is 1. The summed E-state index contributed by atoms with van der Waals surface area (Å²) in [5.74, 6) is -0.608. The molecule has 0 saturated carbocycles. The molecule has 0 aliphatic carbocycles. The molecular weight excluding hydrogens is 248 g/mol. The number of nitrogens with two attached hydrogens (primary N) is 1. The van der Waals surface area contributed by atoms with Crippen molar-refractivity contribution in [1.82, 2.24) is 4.90 Å². The van der Waals surface area contributed by atoms with E-state index >= 15 is 0 Å². The molecule has 6 nitrogen and oxygen atoms in total. The zero-order chi connectivity index (χ0) is 14.3. The molecule has 0 aromatic heterocycles. The highest BCUT2D eigenvalue weighted by molar-refractivity contribution is 5.69. The highest BCUT2D eigenvalue weighted by Crippen LogP contribution is 2.20. The van der Waals surface area contributed by atoms with E-state index in [9.17, 15) is 9.59 Å². The molecule has 2 atom stereocenters. The summed E-state index contributed by atoms with van der Waals surface area (Å²) in [6, 6.07) is 0.0646. The highest BCUT2D eigenvalue weighted by Gasteiger charge is 2.25. The summed E-state index contributed by atoms with van der Waals surface area (Å²) < 4.78 is 4.90. The molecule has 0 spiro atoms. The van der Waals surface area contributed by atoms with Gasteiger partial charge in [-0.2, -0.15) is 0 Å². The lowest BCUT2D eigenvalue weighted by atomic mass is 9.90. The van der Waals surface area contributed by atoms with Gasteiger partial charge in [-0.25, -0.2) is 0 Å². The fraction of sp³-hybridized carbons (Fsp3) is 0.846. The smallest absolute Gasteiger partial charge is 0.305 e. The summed E-state index contributed by atoms with van der Waals surface area (Å²) in [6.07, 6.45) is 2.20. The van der Waals surface area contributed by atoms with Crippen molar-refractivity contribution in [1.29, 1.82) is 0 Å². The van der Waals surface area contributed by atoms with Crippen LogP contribution in [-0.2, 0) is 14.3 Å². The number of likely N-dealkylation sites (tertiary alicyclic amines) is 1. The third-order valence-electron chi connectivity index (χ3n) is 3.35. The quantitative estimate of drug-likeness (QED) is 0.654. The van der Waals surface area contributed by atoms with Gasteiger partial charge in [-0.3, -0.25) is 9.59 Å². The molecule has 1 heterocycles. The lowest BCUT2D eigenvalue weighted by molar-refractivity contribution is -0.143. The number of carboxylic acid groups (broad SMARTS) is 1. The van der Waals surface area contributed by atoms with Crippen molar-refractivity contribution in [3.63, 3.8) is 0 Å². The van der Waals surface area contributed by atoms with Crippen LogP contribution in [0, 0.1) is 5.92 Å². The third kappa shape index (κ3) is 6.54. The SMILES string of the molecule is CCOC(=O)CCC1CC(N)CN(CCC(=O)O)C1. The summed E-state index contributed by atoms with van der Waals surface area (Å²) in [7, 11) is 0. The summed E-state index contributed by atoms with van der Waals surface area (Å²) in [5, 5.41) is 8.69. The van der Waals surface area contributed by atoms with Gasteiger partial charge in [-0.15, -0.1) is 0 Å². The highest BCUT2D eigenvalue weighted by atomic mass is 16.5. The monoisotopic (exact) mass is 272 g/mol. The molecule has 0 amide bonds. The van der Waals surface area contributed by atoms with Gasteiger partial charge >= 0.3 is 11.9 Å². The van der Waals surface area contributed by atoms with Crippen LogP contribution in [0.15, 0.2) is 0 Å². The molecule has 1 saturated heterocycles. The van der Waals surface area contributed by atoms with Crippen molar-refractivity contribution < 1.29 is 19.4 Å². The zero-order valence-corrected chi connectivity index (χ0v) is 11.5. The molecule has 2 unspecified atom stereocenters. The number of aliphatic carboxylic acids is 1. The minimum atomic E-state index is -0.790. The molecule has 110 valence electrons. The Hall–Kier alpha value is -1.14. The standard InChI is InChI=1S/C13H24N2O4/c1-2-19-13(18)4-3-10-7-11(14)9-15(8-10)6-5-12(16)17/h10-11H,2-9,14H2,1H3,(H,16,17). The van der Waals surface area contributed by atoms with Gasteiger partial charge in [-0.05, 0) is 25.7 Å². The van der Waals surface area contributed by atoms with Crippen LogP contribution in [-0.4, -0.2) is 54.2 Å². The summed E-state index contributed by atoms with van der Waals surface area (Å²) in [5.41, 5.74) is 5.98. The molecule has 0 aromatic carbocycles. The number of hydrogen-bond acceptors (Lipinski definition) is 5. The lowest BCUT2D eigenvalue weighted by Gasteiger charge is -2.36. The topological polar surface area (TPSA) is 92.9 Å². The Balaban J connectivity index is 2.33. The van der Waals surface area contributed by atoms with Crippen LogP contribution in [0.25, 0.3) is 0 Å². The summed E-state index contributed by atoms with van der Waals surface area (Å²) in [4.78, 5) is 24.0. The molecule has 0 bridgehead atoms. The van der Waals surface area contributed by atoms with Crippen LogP contribution in [0.1, 0.15) is 32.6 Å². The molecule has 3 N–H and O–H groups in total. The zero-order valence-electron chi connectivity index (χ0n) is 11.5. The normalized spacial score (nSPS) is 24.1. The van der Waals surface area contributed by atoms with E-state index in [1.165, 1.54) is 0 Å². The van der Waals surface area contributed by atoms with E-state index in [1.54, 1.807) is 6.92 Å². The van der Waals surface area contributed by atoms with Crippen LogP contribution in [0.4, 0.5) is 0 Å². The maximum absolute atomic E-state index is 11.3. The molecule has 1 aliphatic heterocycles. The van der Waals surface area contributed by atoms with Crippen molar-refractivity contribution in [2.24, 2.45) is 11.7 Å². The maximum Gasteiger partial charge on any atom is 0.305 e. The number of piperidine rings is 1. The van der Waals surface area contributed by atoms with E-state index in [0.717, 1.165) is 25.9 Å². The van der Waals surface area contributed by atoms with Gasteiger partial charge in [0.2, 0.25) is 0 Å². The number of esters is 1. The predicted octanol–water partition coefficient (Wildman–Crippen LogP) is 0.454. The second kappa shape index (κ2) is 8.12. The number of carbonyl (C=O) groups is 2. The molecular formula is C13H24N2O4. The molecule has 0 radical (unpaired) electrons. The van der Waals surface area contributed by atoms with E-state index in [-0.39, 0.29) is 18.4 Å².